The summed E-state index contributed by atoms with van der Waals surface area (Å²) < 4.78 is 58.3. The molecule has 0 bridgehead atoms. The number of benzene rings is 2. The topological polar surface area (TPSA) is 127 Å². The summed E-state index contributed by atoms with van der Waals surface area (Å²) in [5.74, 6) is 0.0975. The van der Waals surface area contributed by atoms with Crippen molar-refractivity contribution in [3.05, 3.63) is 58.3 Å². The highest BCUT2D eigenvalue weighted by atomic mass is 32.3. The van der Waals surface area contributed by atoms with Crippen LogP contribution in [0.3, 0.4) is 0 Å². The minimum atomic E-state index is -4.09. The maximum absolute atomic E-state index is 12.1. The molecule has 0 aromatic heterocycles. The van der Waals surface area contributed by atoms with Crippen molar-refractivity contribution in [3.8, 4) is 23.0 Å². The summed E-state index contributed by atoms with van der Waals surface area (Å²) in [7, 11) is -5.43. The summed E-state index contributed by atoms with van der Waals surface area (Å²) in [6, 6.07) is 8.49. The van der Waals surface area contributed by atoms with Gasteiger partial charge in [-0.3, -0.25) is 0 Å². The van der Waals surface area contributed by atoms with E-state index in [1.807, 2.05) is 0 Å². The van der Waals surface area contributed by atoms with Crippen molar-refractivity contribution in [2.75, 3.05) is 19.3 Å². The lowest BCUT2D eigenvalue weighted by atomic mass is 10.2. The highest BCUT2D eigenvalue weighted by molar-refractivity contribution is 8.10. The molecule has 0 saturated heterocycles. The largest absolute Gasteiger partial charge is 0.504 e. The van der Waals surface area contributed by atoms with Gasteiger partial charge in [0.05, 0.1) is 14.2 Å². The number of hydrogen-bond donors (Lipinski definition) is 2. The second kappa shape index (κ2) is 9.01. The third kappa shape index (κ3) is 6.54. The fraction of sp³-hybridized carbons (Fsp3) is 0.158. The molecule has 0 fully saturated rings. The van der Waals surface area contributed by atoms with E-state index in [0.717, 1.165) is 10.8 Å². The first kappa shape index (κ1) is 22.3. The molecule has 0 saturated carbocycles. The average Bonchev–Trinajstić information content (AvgIpc) is 2.64. The van der Waals surface area contributed by atoms with Crippen LogP contribution in [0.15, 0.2) is 47.2 Å². The third-order valence-electron chi connectivity index (χ3n) is 3.67. The Kier molecular flexibility index (Phi) is 6.93. The van der Waals surface area contributed by atoms with Crippen LogP contribution in [0.25, 0.3) is 12.2 Å². The highest BCUT2D eigenvalue weighted by Gasteiger charge is 2.17. The lowest BCUT2D eigenvalue weighted by molar-refractivity contribution is 0.373. The summed E-state index contributed by atoms with van der Waals surface area (Å²) in [5.41, 5.74) is 0.710. The molecule has 0 radical (unpaired) electrons. The summed E-state index contributed by atoms with van der Waals surface area (Å²) in [5, 5.41) is 19.8. The van der Waals surface area contributed by atoms with Gasteiger partial charge < -0.3 is 19.7 Å². The van der Waals surface area contributed by atoms with E-state index >= 15 is 0 Å². The van der Waals surface area contributed by atoms with Crippen LogP contribution in [0.2, 0.25) is 0 Å². The van der Waals surface area contributed by atoms with Gasteiger partial charge in [-0.15, -0.1) is 0 Å². The van der Waals surface area contributed by atoms with Crippen molar-refractivity contribution in [1.29, 1.82) is 0 Å². The zero-order valence-electron chi connectivity index (χ0n) is 15.6. The summed E-state index contributed by atoms with van der Waals surface area (Å²) >= 11 is 0. The van der Waals surface area contributed by atoms with Crippen molar-refractivity contribution in [3.63, 3.8) is 0 Å². The molecule has 0 aliphatic heterocycles. The Hall–Kier alpha value is -2.98. The van der Waals surface area contributed by atoms with Gasteiger partial charge in [0.25, 0.3) is 0 Å². The van der Waals surface area contributed by atoms with Gasteiger partial charge in [-0.1, -0.05) is 12.1 Å². The maximum Gasteiger partial charge on any atom is 0.186 e. The molecule has 2 N–H and O–H groups in total. The van der Waals surface area contributed by atoms with Gasteiger partial charge in [0.2, 0.25) is 0 Å². The van der Waals surface area contributed by atoms with Gasteiger partial charge in [-0.2, -0.15) is 0 Å². The molecule has 156 valence electrons. The van der Waals surface area contributed by atoms with Crippen LogP contribution in [0, 0.1) is 0 Å². The van der Waals surface area contributed by atoms with Gasteiger partial charge in [-0.25, -0.2) is 16.8 Å². The van der Waals surface area contributed by atoms with Crippen molar-refractivity contribution < 1.29 is 36.5 Å². The lowest BCUT2D eigenvalue weighted by Crippen LogP contribution is -2.11. The van der Waals surface area contributed by atoms with E-state index in [-0.39, 0.29) is 23.0 Å². The van der Waals surface area contributed by atoms with Crippen molar-refractivity contribution in [1.82, 2.24) is 0 Å². The Morgan fingerprint density at radius 1 is 0.759 bits per heavy atom. The predicted molar refractivity (Wildman–Crippen MR) is 110 cm³/mol. The normalized spacial score (nSPS) is 12.5. The van der Waals surface area contributed by atoms with Crippen LogP contribution >= 0.6 is 0 Å². The standard InChI is InChI=1S/C19H20O8S2/c1-26-18-5-3-14(11-16(18)20)7-9-28(22,23)13-29(24,25)10-8-15-4-6-19(27-2)17(21)12-15/h3-12,20-21H,13H2,1-2H3/b9-7+,10-8+. The van der Waals surface area contributed by atoms with Crippen LogP contribution in [0.4, 0.5) is 0 Å². The fourth-order valence-corrected chi connectivity index (χ4v) is 5.48. The Morgan fingerprint density at radius 2 is 1.14 bits per heavy atom. The molecule has 8 nitrogen and oxygen atoms in total. The van der Waals surface area contributed by atoms with Gasteiger partial charge >= 0.3 is 0 Å². The van der Waals surface area contributed by atoms with E-state index in [9.17, 15) is 27.0 Å². The number of hydrogen-bond acceptors (Lipinski definition) is 8. The molecule has 29 heavy (non-hydrogen) atoms. The summed E-state index contributed by atoms with van der Waals surface area (Å²) in [6.45, 7) is 0. The first-order valence-electron chi connectivity index (χ1n) is 8.11. The Balaban J connectivity index is 2.13. The Bertz CT molecular complexity index is 1060. The number of aromatic hydroxyl groups is 2. The van der Waals surface area contributed by atoms with Gasteiger partial charge in [0, 0.05) is 10.8 Å². The van der Waals surface area contributed by atoms with E-state index in [2.05, 4.69) is 0 Å². The van der Waals surface area contributed by atoms with Crippen molar-refractivity contribution in [2.45, 2.75) is 0 Å². The number of sulfone groups is 2. The average molecular weight is 440 g/mol. The molecule has 0 spiro atoms. The van der Waals surface area contributed by atoms with E-state index in [0.29, 0.717) is 11.1 Å². The molecule has 0 unspecified atom stereocenters. The van der Waals surface area contributed by atoms with E-state index < -0.39 is 24.8 Å². The van der Waals surface area contributed by atoms with Crippen molar-refractivity contribution in [2.24, 2.45) is 0 Å². The molecule has 2 aromatic rings. The molecular weight excluding hydrogens is 420 g/mol. The number of phenolic OH excluding ortho intramolecular Hbond substituents is 2. The molecule has 2 rings (SSSR count). The molecule has 0 amide bonds. The number of ether oxygens (including phenoxy) is 2. The molecule has 0 aliphatic carbocycles. The quantitative estimate of drug-likeness (QED) is 0.641. The Labute approximate surface area is 169 Å². The molecule has 0 atom stereocenters. The summed E-state index contributed by atoms with van der Waals surface area (Å²) in [6.07, 6.45) is 2.35. The minimum absolute atomic E-state index is 0.176. The van der Waals surface area contributed by atoms with Crippen LogP contribution in [-0.4, -0.2) is 46.4 Å². The van der Waals surface area contributed by atoms with Crippen LogP contribution in [0.1, 0.15) is 11.1 Å². The Morgan fingerprint density at radius 3 is 1.45 bits per heavy atom. The summed E-state index contributed by atoms with van der Waals surface area (Å²) in [4.78, 5) is 0. The smallest absolute Gasteiger partial charge is 0.186 e. The number of methoxy groups -OCH3 is 2. The number of phenols is 2. The van der Waals surface area contributed by atoms with Gasteiger partial charge in [-0.05, 0) is 47.5 Å². The third-order valence-corrected chi connectivity index (χ3v) is 7.40. The van der Waals surface area contributed by atoms with Crippen LogP contribution < -0.4 is 9.47 Å². The highest BCUT2D eigenvalue weighted by Crippen LogP contribution is 2.28. The minimum Gasteiger partial charge on any atom is -0.504 e. The maximum atomic E-state index is 12.1. The van der Waals surface area contributed by atoms with Crippen molar-refractivity contribution >= 4 is 31.8 Å². The second-order valence-corrected chi connectivity index (χ2v) is 10.1. The first-order valence-corrected chi connectivity index (χ1v) is 11.5. The molecule has 2 aromatic carbocycles. The van der Waals surface area contributed by atoms with Gasteiger partial charge in [0.1, 0.15) is 0 Å². The zero-order valence-corrected chi connectivity index (χ0v) is 17.3. The SMILES string of the molecule is COc1ccc(/C=C/S(=O)(=O)CS(=O)(=O)/C=C/c2ccc(OC)c(O)c2)cc1O. The molecule has 0 aliphatic rings. The number of rotatable bonds is 8. The monoisotopic (exact) mass is 440 g/mol. The van der Waals surface area contributed by atoms with E-state index in [1.54, 1.807) is 0 Å². The second-order valence-electron chi connectivity index (χ2n) is 5.91. The molecule has 0 heterocycles. The van der Waals surface area contributed by atoms with Gasteiger partial charge in [0.15, 0.2) is 47.8 Å². The first-order chi connectivity index (χ1) is 13.5. The van der Waals surface area contributed by atoms with Crippen LogP contribution in [0.5, 0.6) is 23.0 Å². The van der Waals surface area contributed by atoms with E-state index in [1.165, 1.54) is 62.8 Å². The zero-order chi connectivity index (χ0) is 21.7. The van der Waals surface area contributed by atoms with Crippen LogP contribution in [-0.2, 0) is 19.7 Å². The predicted octanol–water partition coefficient (Wildman–Crippen LogP) is 2.54. The molecule has 10 heteroatoms. The fourth-order valence-electron chi connectivity index (χ4n) is 2.29. The lowest BCUT2D eigenvalue weighted by Gasteiger charge is -2.04. The van der Waals surface area contributed by atoms with E-state index in [4.69, 9.17) is 9.47 Å². The molecular formula is C19H20O8S2.